The molecule has 666 valence electrons. The van der Waals surface area contributed by atoms with E-state index < -0.39 is 41.6 Å². The molecule has 0 saturated carbocycles. The van der Waals surface area contributed by atoms with Crippen molar-refractivity contribution in [2.75, 3.05) is 83.5 Å². The summed E-state index contributed by atoms with van der Waals surface area (Å²) in [5.41, 5.74) is 11.5. The van der Waals surface area contributed by atoms with Gasteiger partial charge in [-0.3, -0.25) is 0 Å². The zero-order chi connectivity index (χ0) is 86.3. The maximum atomic E-state index is 10.6. The normalized spacial score (nSPS) is 25.6. The smallest absolute Gasteiger partial charge is 0.130 e. The Balaban J connectivity index is 0.000000114. The maximum Gasteiger partial charge on any atom is 0.130 e. The fourth-order valence-corrected chi connectivity index (χ4v) is 25.8. The highest BCUT2D eigenvalue weighted by Gasteiger charge is 2.51. The Morgan fingerprint density at radius 3 is 1.15 bits per heavy atom. The van der Waals surface area contributed by atoms with Gasteiger partial charge < -0.3 is 116 Å². The van der Waals surface area contributed by atoms with E-state index in [1.54, 1.807) is 0 Å². The highest BCUT2D eigenvalue weighted by Crippen LogP contribution is 2.50. The van der Waals surface area contributed by atoms with Crippen LogP contribution in [0.4, 0.5) is 0 Å². The van der Waals surface area contributed by atoms with Crippen molar-refractivity contribution in [1.82, 2.24) is 66.7 Å². The summed E-state index contributed by atoms with van der Waals surface area (Å²) in [6.07, 6.45) is 15.8. The zero-order valence-electron chi connectivity index (χ0n) is 72.4. The van der Waals surface area contributed by atoms with Crippen LogP contribution in [0.2, 0.25) is 0 Å². The molecule has 20 rings (SSSR count). The molecule has 18 N–H and O–H groups in total. The average molecular weight is 1760 g/mol. The molecule has 10 aliphatic rings. The number of hydroxylamine groups is 6. The third-order valence-electron chi connectivity index (χ3n) is 26.7. The number of aliphatic hydroxyl groups is 5. The van der Waals surface area contributed by atoms with Gasteiger partial charge in [-0.25, -0.2) is 0 Å². The number of aliphatic hydroxyl groups excluding tert-OH is 5. The lowest BCUT2D eigenvalue weighted by molar-refractivity contribution is -0.196. The van der Waals surface area contributed by atoms with Crippen molar-refractivity contribution in [3.63, 3.8) is 0 Å². The van der Waals surface area contributed by atoms with Crippen LogP contribution < -0.4 is 50.3 Å². The monoisotopic (exact) mass is 1760 g/mol. The first-order chi connectivity index (χ1) is 58.9. The van der Waals surface area contributed by atoms with Crippen molar-refractivity contribution in [3.05, 3.63) is 161 Å². The molecule has 4 fully saturated rings. The van der Waals surface area contributed by atoms with Crippen LogP contribution in [-0.2, 0) is 32.1 Å². The number of hydrogen-bond acceptors (Lipinski definition) is 25. The molecule has 15 heterocycles. The Labute approximate surface area is 736 Å². The highest BCUT2D eigenvalue weighted by molar-refractivity contribution is 8.77. The van der Waals surface area contributed by atoms with E-state index >= 15 is 0 Å². The Hall–Kier alpha value is -6.70. The van der Waals surface area contributed by atoms with E-state index in [4.69, 9.17) is 23.7 Å². The van der Waals surface area contributed by atoms with E-state index in [1.165, 1.54) is 44.2 Å². The zero-order valence-corrected chi connectivity index (χ0v) is 75.6. The molecule has 0 aliphatic carbocycles. The third kappa shape index (κ3) is 20.6. The van der Waals surface area contributed by atoms with Crippen LogP contribution in [-0.4, -0.2) is 264 Å². The van der Waals surface area contributed by atoms with Crippen LogP contribution in [0.25, 0.3) is 54.5 Å². The molecule has 0 radical (unpaired) electrons. The standard InChI is InChI=1S/C21H31N3O3.C21H29N3O3.C18H24N2O2S2.C17H23N3O3.C16H20N2O2S2/c2*1-20(2)10-15(21(3,4)24(20)26)11-22-12-17(25)19-9-14-7-16-13(5-6-23-16)8-18(14)27-19;1-18(2)10-23-24-17(18)9-19-8-14(21)16-7-12-5-13-11(3-4-20-13)6-15(12)22-16;21-15(10-19-13-2-5-20(22)6-3-13)17-9-12-7-14-11(1-4-18-14)8-16(12)23-17;19-14(9-17-8-12-2-4-21-22-12)16-7-11-5-13-10(1-3-18-13)6-15(11)20-16/h5-8,15,17,19,22-23,25-26H,9-12H2,1-4H3;5-8,10,17,19,22-23,25-26H,9,11-12H2,1-4H3;3-6,14,16-17,19-21H,7-10H2,1-2H3;1,4,7-8,13,15,17-19,21-22H,2-3,5-6,9-10H2;1,3,5-6,12,14,16-19H,2,4,7-9H2. The molecule has 13 atom stereocenters. The summed E-state index contributed by atoms with van der Waals surface area (Å²) in [6, 6.07) is 31.4. The minimum atomic E-state index is -0.598. The number of hydrogen-bond donors (Lipinski definition) is 18. The van der Waals surface area contributed by atoms with Gasteiger partial charge in [0, 0.05) is 250 Å². The molecule has 0 bridgehead atoms. The molecule has 123 heavy (non-hydrogen) atoms. The number of rotatable bonds is 24. The second-order valence-corrected chi connectivity index (χ2v) is 43.4. The van der Waals surface area contributed by atoms with Crippen molar-refractivity contribution in [3.8, 4) is 28.7 Å². The average Bonchev–Trinajstić information content (AvgIpc) is 1.62. The van der Waals surface area contributed by atoms with Crippen LogP contribution in [0.15, 0.2) is 134 Å². The number of fused-ring (bicyclic) bond motifs is 10. The molecule has 10 aliphatic heterocycles. The van der Waals surface area contributed by atoms with Gasteiger partial charge in [-0.05, 0) is 196 Å². The Morgan fingerprint density at radius 2 is 0.813 bits per heavy atom. The first-order valence-electron chi connectivity index (χ1n) is 43.9. The van der Waals surface area contributed by atoms with E-state index in [1.807, 2.05) is 150 Å². The third-order valence-corrected chi connectivity index (χ3v) is 33.1. The molecule has 5 aromatic heterocycles. The van der Waals surface area contributed by atoms with E-state index in [9.17, 15) is 41.2 Å². The number of ether oxygens (including phenoxy) is 5. The molecular weight excluding hydrogens is 1640 g/mol. The number of piperidine rings is 1. The van der Waals surface area contributed by atoms with Gasteiger partial charge in [-0.2, -0.15) is 15.2 Å². The Bertz CT molecular complexity index is 5070. The number of benzene rings is 5. The molecule has 4 saturated heterocycles. The predicted octanol–water partition coefficient (Wildman–Crippen LogP) is 12.4. The van der Waals surface area contributed by atoms with Gasteiger partial charge in [-0.15, -0.1) is 0 Å². The number of nitrogens with one attached hydrogen (secondary N) is 10. The van der Waals surface area contributed by atoms with Crippen molar-refractivity contribution in [1.29, 1.82) is 0 Å². The van der Waals surface area contributed by atoms with E-state index in [-0.39, 0.29) is 41.6 Å². The summed E-state index contributed by atoms with van der Waals surface area (Å²) in [4.78, 5) is 16.1. The van der Waals surface area contributed by atoms with Crippen LogP contribution in [0.1, 0.15) is 123 Å². The minimum Gasteiger partial charge on any atom is -0.487 e. The van der Waals surface area contributed by atoms with Gasteiger partial charge in [0.05, 0.1) is 11.1 Å². The molecule has 13 unspecified atom stereocenters. The van der Waals surface area contributed by atoms with Crippen molar-refractivity contribution < 1.29 is 64.8 Å². The number of nitrogens with zero attached hydrogens (tertiary/aromatic N) is 3. The lowest BCUT2D eigenvalue weighted by Crippen LogP contribution is -2.49. The maximum absolute atomic E-state index is 10.6. The summed E-state index contributed by atoms with van der Waals surface area (Å²) in [5, 5.41) is 111. The number of aromatic nitrogens is 5. The molecule has 0 amide bonds. The van der Waals surface area contributed by atoms with Crippen molar-refractivity contribution in [2.24, 2.45) is 11.3 Å². The summed E-state index contributed by atoms with van der Waals surface area (Å²) in [7, 11) is 7.82. The van der Waals surface area contributed by atoms with Gasteiger partial charge in [0.1, 0.15) is 89.8 Å². The lowest BCUT2D eigenvalue weighted by Gasteiger charge is -2.36. The topological polar surface area (TPSA) is 357 Å². The SMILES string of the molecule is CC1(C)C=C(CNCC(O)C2Cc3cc4[nH]ccc4cc3O2)C(C)(C)N1O.CC1(C)CC(CNCC(O)C2Cc3cc4[nH]ccc4cc3O2)C(C)(C)N1O.CC1(C)CSSC1CNCC(O)C1Cc2cc3[nH]ccc3cc2O1.OC(CNC1CCN(O)CC1)C1Cc2cc3[nH]ccc3cc2O1.OC(CNCC1CCSS1)C1Cc2cc3[nH]ccc3cc2O1. The van der Waals surface area contributed by atoms with Crippen LogP contribution >= 0.6 is 43.2 Å². The molecule has 30 heteroatoms. The summed E-state index contributed by atoms with van der Waals surface area (Å²) in [6.45, 7) is 28.2. The van der Waals surface area contributed by atoms with Gasteiger partial charge in [0.2, 0.25) is 0 Å². The van der Waals surface area contributed by atoms with Crippen molar-refractivity contribution >= 4 is 97.7 Å². The summed E-state index contributed by atoms with van der Waals surface area (Å²) < 4.78 is 29.9. The second-order valence-electron chi connectivity index (χ2n) is 38.0. The van der Waals surface area contributed by atoms with E-state index in [0.29, 0.717) is 86.7 Å². The first kappa shape index (κ1) is 89.7. The Kier molecular flexibility index (Phi) is 27.7. The van der Waals surface area contributed by atoms with Gasteiger partial charge >= 0.3 is 0 Å². The van der Waals surface area contributed by atoms with E-state index in [0.717, 1.165) is 170 Å². The quantitative estimate of drug-likeness (QED) is 0.0197. The number of H-pyrrole nitrogens is 5. The molecule has 0 spiro atoms. The predicted molar refractivity (Wildman–Crippen MR) is 494 cm³/mol. The molecular formula is C93H127N13O13S4. The van der Waals surface area contributed by atoms with Crippen LogP contribution in [0.3, 0.4) is 0 Å². The van der Waals surface area contributed by atoms with Crippen LogP contribution in [0.5, 0.6) is 28.7 Å². The molecule has 10 aromatic rings. The number of aromatic amines is 5. The van der Waals surface area contributed by atoms with Crippen LogP contribution in [0, 0.1) is 11.3 Å². The summed E-state index contributed by atoms with van der Waals surface area (Å²) >= 11 is 0. The van der Waals surface area contributed by atoms with Crippen molar-refractivity contribution in [2.45, 2.75) is 227 Å². The largest absolute Gasteiger partial charge is 0.487 e. The van der Waals surface area contributed by atoms with E-state index in [2.05, 4.69) is 142 Å². The lowest BCUT2D eigenvalue weighted by atomic mass is 9.87. The highest BCUT2D eigenvalue weighted by atomic mass is 33.1. The fourth-order valence-electron chi connectivity index (χ4n) is 19.0. The van der Waals surface area contributed by atoms with Gasteiger partial charge in [0.25, 0.3) is 0 Å². The Morgan fingerprint density at radius 1 is 0.439 bits per heavy atom. The van der Waals surface area contributed by atoms with Gasteiger partial charge in [0.15, 0.2) is 0 Å². The first-order valence-corrected chi connectivity index (χ1v) is 48.7. The second kappa shape index (κ2) is 37.9. The molecule has 5 aromatic carbocycles. The fraction of sp³-hybridized carbons (Fsp3) is 0.548. The minimum absolute atomic E-state index is 0.139. The van der Waals surface area contributed by atoms with Gasteiger partial charge in [-0.1, -0.05) is 63.1 Å². The summed E-state index contributed by atoms with van der Waals surface area (Å²) in [5.74, 6) is 7.20. The molecule has 26 nitrogen and oxygen atoms in total.